The maximum atomic E-state index is 10.5. The van der Waals surface area contributed by atoms with E-state index >= 15 is 0 Å². The van der Waals surface area contributed by atoms with E-state index in [9.17, 15) is 4.79 Å². The Kier molecular flexibility index (Phi) is 4.64. The highest BCUT2D eigenvalue weighted by Gasteiger charge is 2.06. The van der Waals surface area contributed by atoms with Crippen LogP contribution >= 0.6 is 0 Å². The van der Waals surface area contributed by atoms with Crippen LogP contribution in [0, 0.1) is 0 Å². The molecule has 4 heteroatoms. The number of aromatic hydroxyl groups is 3. The summed E-state index contributed by atoms with van der Waals surface area (Å²) in [7, 11) is 0. The number of Topliss-reactive ketones (excluding diaryl/α,β-unsaturated/α-hetero) is 1. The molecule has 0 bridgehead atoms. The van der Waals surface area contributed by atoms with Crippen molar-refractivity contribution in [3.8, 4) is 17.2 Å². The summed E-state index contributed by atoms with van der Waals surface area (Å²) in [4.78, 5) is 10.5. The van der Waals surface area contributed by atoms with Crippen molar-refractivity contribution in [2.24, 2.45) is 0 Å². The Morgan fingerprint density at radius 3 is 1.69 bits per heavy atom. The van der Waals surface area contributed by atoms with Crippen LogP contribution in [-0.2, 0) is 4.79 Å². The maximum Gasteiger partial charge on any atom is 0.200 e. The summed E-state index contributed by atoms with van der Waals surface area (Å²) in [6.45, 7) is 0. The molecule has 0 spiro atoms. The first kappa shape index (κ1) is 12.4. The fourth-order valence-corrected chi connectivity index (χ4v) is 1.47. The third kappa shape index (κ3) is 3.81. The molecule has 1 saturated carbocycles. The Morgan fingerprint density at radius 1 is 0.875 bits per heavy atom. The van der Waals surface area contributed by atoms with Crippen LogP contribution in [0.15, 0.2) is 18.2 Å². The first-order valence-electron chi connectivity index (χ1n) is 5.33. The van der Waals surface area contributed by atoms with Crippen LogP contribution in [0.5, 0.6) is 17.2 Å². The largest absolute Gasteiger partial charge is 0.504 e. The van der Waals surface area contributed by atoms with Gasteiger partial charge in [0, 0.05) is 12.8 Å². The molecule has 0 saturated heterocycles. The number of phenolic OH excluding ortho intramolecular Hbond substituents is 3. The van der Waals surface area contributed by atoms with E-state index < -0.39 is 5.75 Å². The number of phenols is 3. The third-order valence-electron chi connectivity index (χ3n) is 2.40. The molecule has 0 unspecified atom stereocenters. The highest BCUT2D eigenvalue weighted by atomic mass is 16.3. The predicted octanol–water partition coefficient (Wildman–Crippen LogP) is 2.32. The van der Waals surface area contributed by atoms with Crippen molar-refractivity contribution in [2.45, 2.75) is 32.1 Å². The van der Waals surface area contributed by atoms with Crippen LogP contribution < -0.4 is 0 Å². The number of para-hydroxylation sites is 1. The zero-order valence-corrected chi connectivity index (χ0v) is 9.02. The lowest BCUT2D eigenvalue weighted by molar-refractivity contribution is -0.120. The zero-order chi connectivity index (χ0) is 12.0. The van der Waals surface area contributed by atoms with Crippen LogP contribution in [-0.4, -0.2) is 21.1 Å². The molecule has 1 fully saturated rings. The molecule has 0 atom stereocenters. The first-order chi connectivity index (χ1) is 7.61. The van der Waals surface area contributed by atoms with E-state index in [4.69, 9.17) is 15.3 Å². The van der Waals surface area contributed by atoms with E-state index in [2.05, 4.69) is 0 Å². The molecule has 88 valence electrons. The summed E-state index contributed by atoms with van der Waals surface area (Å²) in [5.41, 5.74) is 0. The standard InChI is InChI=1S/C6H6O3.C6H10O/c7-4-2-1-3-5(8)6(4)9;7-6-4-2-1-3-5-6/h1-3,7-9H;1-5H2. The van der Waals surface area contributed by atoms with Crippen molar-refractivity contribution in [3.05, 3.63) is 18.2 Å². The molecule has 1 aliphatic rings. The van der Waals surface area contributed by atoms with Crippen LogP contribution in [0.25, 0.3) is 0 Å². The molecule has 1 aromatic carbocycles. The van der Waals surface area contributed by atoms with Gasteiger partial charge in [0.15, 0.2) is 17.2 Å². The van der Waals surface area contributed by atoms with Gasteiger partial charge in [0.25, 0.3) is 0 Å². The summed E-state index contributed by atoms with van der Waals surface area (Å²) in [6, 6.07) is 4.01. The van der Waals surface area contributed by atoms with Gasteiger partial charge in [-0.3, -0.25) is 4.79 Å². The van der Waals surface area contributed by atoms with Gasteiger partial charge in [-0.25, -0.2) is 0 Å². The summed E-state index contributed by atoms with van der Waals surface area (Å²) in [6.07, 6.45) is 5.24. The van der Waals surface area contributed by atoms with Crippen molar-refractivity contribution in [3.63, 3.8) is 0 Å². The third-order valence-corrected chi connectivity index (χ3v) is 2.40. The van der Waals surface area contributed by atoms with E-state index in [1.54, 1.807) is 0 Å². The Bertz CT molecular complexity index is 332. The van der Waals surface area contributed by atoms with Gasteiger partial charge in [-0.2, -0.15) is 0 Å². The van der Waals surface area contributed by atoms with Crippen molar-refractivity contribution in [2.75, 3.05) is 0 Å². The monoisotopic (exact) mass is 224 g/mol. The predicted molar refractivity (Wildman–Crippen MR) is 59.5 cm³/mol. The van der Waals surface area contributed by atoms with Gasteiger partial charge in [-0.05, 0) is 25.0 Å². The van der Waals surface area contributed by atoms with Gasteiger partial charge in [0.1, 0.15) is 5.78 Å². The fraction of sp³-hybridized carbons (Fsp3) is 0.417. The summed E-state index contributed by atoms with van der Waals surface area (Å²) >= 11 is 0. The lowest BCUT2D eigenvalue weighted by Crippen LogP contribution is -2.02. The van der Waals surface area contributed by atoms with E-state index in [-0.39, 0.29) is 11.5 Å². The normalized spacial score (nSPS) is 15.1. The van der Waals surface area contributed by atoms with Crippen LogP contribution in [0.1, 0.15) is 32.1 Å². The number of ketones is 1. The van der Waals surface area contributed by atoms with Gasteiger partial charge in [0.2, 0.25) is 0 Å². The van der Waals surface area contributed by atoms with Gasteiger partial charge in [0.05, 0.1) is 0 Å². The Morgan fingerprint density at radius 2 is 1.38 bits per heavy atom. The van der Waals surface area contributed by atoms with E-state index in [1.165, 1.54) is 24.6 Å². The lowest BCUT2D eigenvalue weighted by Gasteiger charge is -2.05. The number of rotatable bonds is 0. The molecule has 3 N–H and O–H groups in total. The molecule has 0 aromatic heterocycles. The van der Waals surface area contributed by atoms with E-state index in [1.807, 2.05) is 0 Å². The van der Waals surface area contributed by atoms with Crippen molar-refractivity contribution < 1.29 is 20.1 Å². The van der Waals surface area contributed by atoms with Gasteiger partial charge < -0.3 is 15.3 Å². The lowest BCUT2D eigenvalue weighted by atomic mass is 10.00. The Hall–Kier alpha value is -1.71. The molecule has 2 rings (SSSR count). The average molecular weight is 224 g/mol. The van der Waals surface area contributed by atoms with Crippen molar-refractivity contribution in [1.29, 1.82) is 0 Å². The molecule has 0 radical (unpaired) electrons. The number of carbonyl (C=O) groups is 1. The van der Waals surface area contributed by atoms with Gasteiger partial charge >= 0.3 is 0 Å². The van der Waals surface area contributed by atoms with Crippen LogP contribution in [0.4, 0.5) is 0 Å². The average Bonchev–Trinajstić information content (AvgIpc) is 2.28. The summed E-state index contributed by atoms with van der Waals surface area (Å²) < 4.78 is 0. The second kappa shape index (κ2) is 6.00. The smallest absolute Gasteiger partial charge is 0.200 e. The number of hydrogen-bond acceptors (Lipinski definition) is 4. The molecule has 1 aromatic rings. The number of carbonyl (C=O) groups excluding carboxylic acids is 1. The van der Waals surface area contributed by atoms with Crippen LogP contribution in [0.3, 0.4) is 0 Å². The number of benzene rings is 1. The molecule has 16 heavy (non-hydrogen) atoms. The Balaban J connectivity index is 0.000000165. The molecular formula is C12H16O4. The Labute approximate surface area is 94.2 Å². The highest BCUT2D eigenvalue weighted by molar-refractivity contribution is 5.78. The van der Waals surface area contributed by atoms with Crippen LogP contribution in [0.2, 0.25) is 0 Å². The van der Waals surface area contributed by atoms with E-state index in [0.717, 1.165) is 25.7 Å². The first-order valence-corrected chi connectivity index (χ1v) is 5.33. The molecule has 1 aliphatic carbocycles. The van der Waals surface area contributed by atoms with Crippen molar-refractivity contribution in [1.82, 2.24) is 0 Å². The molecule has 0 heterocycles. The minimum absolute atomic E-state index is 0.310. The van der Waals surface area contributed by atoms with Gasteiger partial charge in [-0.1, -0.05) is 12.5 Å². The summed E-state index contributed by atoms with van der Waals surface area (Å²) in [5, 5.41) is 26.1. The molecular weight excluding hydrogens is 208 g/mol. The minimum atomic E-state index is -0.475. The van der Waals surface area contributed by atoms with E-state index in [0.29, 0.717) is 5.78 Å². The second-order valence-corrected chi connectivity index (χ2v) is 3.74. The summed E-state index contributed by atoms with van der Waals surface area (Å²) in [5.74, 6) is -0.631. The highest BCUT2D eigenvalue weighted by Crippen LogP contribution is 2.32. The molecule has 0 aliphatic heterocycles. The van der Waals surface area contributed by atoms with Gasteiger partial charge in [-0.15, -0.1) is 0 Å². The molecule has 4 nitrogen and oxygen atoms in total. The maximum absolute atomic E-state index is 10.5. The fourth-order valence-electron chi connectivity index (χ4n) is 1.47. The van der Waals surface area contributed by atoms with Crippen molar-refractivity contribution >= 4 is 5.78 Å². The number of hydrogen-bond donors (Lipinski definition) is 3. The molecule has 0 amide bonds. The minimum Gasteiger partial charge on any atom is -0.504 e. The SMILES string of the molecule is O=C1CCCCC1.Oc1cccc(O)c1O. The quantitative estimate of drug-likeness (QED) is 0.591. The zero-order valence-electron chi connectivity index (χ0n) is 9.02. The second-order valence-electron chi connectivity index (χ2n) is 3.74. The topological polar surface area (TPSA) is 77.8 Å².